The number of anilines is 6. The topological polar surface area (TPSA) is 42.6 Å². The van der Waals surface area contributed by atoms with Crippen molar-refractivity contribution in [3.05, 3.63) is 218 Å². The number of fused-ring (bicyclic) bond motifs is 15. The van der Waals surface area contributed by atoms with E-state index in [1.165, 1.54) is 43.6 Å². The molecule has 0 N–H and O–H groups in total. The second-order valence-corrected chi connectivity index (χ2v) is 18.7. The molecule has 0 radical (unpaired) electrons. The van der Waals surface area contributed by atoms with Crippen molar-refractivity contribution in [2.75, 3.05) is 9.80 Å². The monoisotopic (exact) mass is 898 g/mol. The van der Waals surface area contributed by atoms with Gasteiger partial charge in [-0.25, -0.2) is 0 Å². The maximum Gasteiger partial charge on any atom is 0.136 e. The average Bonchev–Trinajstić information content (AvgIpc) is 4.12. The summed E-state index contributed by atoms with van der Waals surface area (Å²) in [6.07, 6.45) is 0. The van der Waals surface area contributed by atoms with E-state index in [2.05, 4.69) is 251 Å². The largest absolute Gasteiger partial charge is 0.456 e. The predicted octanol–water partition coefficient (Wildman–Crippen LogP) is 18.0. The molecule has 0 spiro atoms. The Kier molecular flexibility index (Phi) is 8.10. The van der Waals surface area contributed by atoms with Gasteiger partial charge in [0.2, 0.25) is 0 Å². The van der Waals surface area contributed by atoms with Crippen molar-refractivity contribution in [2.24, 2.45) is 14.1 Å². The number of aryl methyl sites for hydroxylation is 2. The molecule has 0 aliphatic heterocycles. The van der Waals surface area contributed by atoms with Crippen LogP contribution in [0.3, 0.4) is 0 Å². The molecule has 0 bridgehead atoms. The molecule has 0 saturated carbocycles. The molecule has 70 heavy (non-hydrogen) atoms. The Bertz CT molecular complexity index is 4340. The van der Waals surface area contributed by atoms with Crippen molar-refractivity contribution >= 4 is 143 Å². The summed E-state index contributed by atoms with van der Waals surface area (Å²) < 4.78 is 18.1. The molecular weight excluding hydrogens is 857 g/mol. The van der Waals surface area contributed by atoms with Crippen LogP contribution in [0.25, 0.3) is 109 Å². The first-order valence-electron chi connectivity index (χ1n) is 23.8. The minimum absolute atomic E-state index is 0.840. The molecular formula is C64H42N4O2. The zero-order valence-corrected chi connectivity index (χ0v) is 38.4. The van der Waals surface area contributed by atoms with Crippen LogP contribution < -0.4 is 9.80 Å². The summed E-state index contributed by atoms with van der Waals surface area (Å²) >= 11 is 0. The van der Waals surface area contributed by atoms with Gasteiger partial charge in [-0.15, -0.1) is 0 Å². The van der Waals surface area contributed by atoms with E-state index < -0.39 is 0 Å². The number of hydrogen-bond acceptors (Lipinski definition) is 4. The van der Waals surface area contributed by atoms with Gasteiger partial charge in [0.05, 0.1) is 11.0 Å². The van der Waals surface area contributed by atoms with E-state index in [0.29, 0.717) is 0 Å². The number of nitrogens with zero attached hydrogens (tertiary/aromatic N) is 4. The molecule has 0 unspecified atom stereocenters. The number of rotatable bonds is 6. The van der Waals surface area contributed by atoms with Gasteiger partial charge < -0.3 is 27.8 Å². The lowest BCUT2D eigenvalue weighted by molar-refractivity contribution is 0.663. The van der Waals surface area contributed by atoms with Crippen LogP contribution in [0.2, 0.25) is 0 Å². The van der Waals surface area contributed by atoms with Crippen LogP contribution in [-0.2, 0) is 14.1 Å². The quantitative estimate of drug-likeness (QED) is 0.167. The molecule has 0 aliphatic rings. The van der Waals surface area contributed by atoms with E-state index in [1.807, 2.05) is 0 Å². The van der Waals surface area contributed by atoms with Crippen molar-refractivity contribution in [1.29, 1.82) is 0 Å². The number of aromatic nitrogens is 2. The van der Waals surface area contributed by atoms with Gasteiger partial charge in [-0.3, -0.25) is 0 Å². The first-order valence-corrected chi connectivity index (χ1v) is 23.8. The third kappa shape index (κ3) is 5.68. The number of hydrogen-bond donors (Lipinski definition) is 0. The highest BCUT2D eigenvalue weighted by Crippen LogP contribution is 2.45. The molecule has 0 fully saturated rings. The molecule has 0 atom stereocenters. The van der Waals surface area contributed by atoms with Crippen molar-refractivity contribution in [3.63, 3.8) is 0 Å². The van der Waals surface area contributed by atoms with E-state index in [-0.39, 0.29) is 0 Å². The minimum atomic E-state index is 0.840. The second kappa shape index (κ2) is 14.6. The zero-order valence-electron chi connectivity index (χ0n) is 38.4. The smallest absolute Gasteiger partial charge is 0.136 e. The molecule has 15 rings (SSSR count). The van der Waals surface area contributed by atoms with Gasteiger partial charge in [-0.1, -0.05) is 97.1 Å². The summed E-state index contributed by atoms with van der Waals surface area (Å²) in [5, 5.41) is 13.8. The van der Waals surface area contributed by atoms with E-state index in [0.717, 1.165) is 99.5 Å². The van der Waals surface area contributed by atoms with Crippen molar-refractivity contribution in [3.8, 4) is 0 Å². The number of furan rings is 2. The molecule has 0 aliphatic carbocycles. The lowest BCUT2D eigenvalue weighted by Crippen LogP contribution is -2.09. The summed E-state index contributed by atoms with van der Waals surface area (Å²) in [7, 11) is 4.31. The molecule has 330 valence electrons. The zero-order chi connectivity index (χ0) is 46.2. The molecule has 11 aromatic carbocycles. The Morgan fingerprint density at radius 3 is 1.11 bits per heavy atom. The van der Waals surface area contributed by atoms with Gasteiger partial charge in [0, 0.05) is 102 Å². The maximum atomic E-state index is 6.75. The third-order valence-electron chi connectivity index (χ3n) is 14.8. The summed E-state index contributed by atoms with van der Waals surface area (Å²) in [6, 6.07) is 78.7. The van der Waals surface area contributed by atoms with Crippen LogP contribution in [0.1, 0.15) is 0 Å². The van der Waals surface area contributed by atoms with Gasteiger partial charge >= 0.3 is 0 Å². The van der Waals surface area contributed by atoms with Crippen LogP contribution >= 0.6 is 0 Å². The number of benzene rings is 11. The summed E-state index contributed by atoms with van der Waals surface area (Å²) in [5.74, 6) is 0. The Labute approximate surface area is 401 Å². The van der Waals surface area contributed by atoms with Crippen molar-refractivity contribution in [1.82, 2.24) is 9.13 Å². The van der Waals surface area contributed by atoms with Gasteiger partial charge in [-0.05, 0) is 143 Å². The second-order valence-electron chi connectivity index (χ2n) is 18.7. The highest BCUT2D eigenvalue weighted by Gasteiger charge is 2.21. The van der Waals surface area contributed by atoms with Crippen LogP contribution in [0, 0.1) is 0 Å². The maximum absolute atomic E-state index is 6.75. The fourth-order valence-corrected chi connectivity index (χ4v) is 11.5. The number of para-hydroxylation sites is 4. The molecule has 6 nitrogen and oxygen atoms in total. The summed E-state index contributed by atoms with van der Waals surface area (Å²) in [6.45, 7) is 0. The SMILES string of the molecule is Cn1c2ccccc2c2ccc(N(c3ccccc3)c3ccc4cc5c(cc4c3)oc3ccc4oc6cc7cc(N(c8ccccc8)c8ccc9c%10ccccc%10n(C)c9c8)ccc7cc6c4c35)cc21. The average molecular weight is 899 g/mol. The molecule has 0 amide bonds. The molecule has 4 aromatic heterocycles. The minimum Gasteiger partial charge on any atom is -0.456 e. The van der Waals surface area contributed by atoms with Crippen LogP contribution in [0.4, 0.5) is 34.1 Å². The summed E-state index contributed by atoms with van der Waals surface area (Å²) in [5.41, 5.74) is 14.7. The predicted molar refractivity (Wildman–Crippen MR) is 293 cm³/mol. The van der Waals surface area contributed by atoms with Crippen LogP contribution in [0.15, 0.2) is 227 Å². The first-order chi connectivity index (χ1) is 34.5. The van der Waals surface area contributed by atoms with Gasteiger partial charge in [0.15, 0.2) is 0 Å². The van der Waals surface area contributed by atoms with Gasteiger partial charge in [-0.2, -0.15) is 0 Å². The Morgan fingerprint density at radius 2 is 0.657 bits per heavy atom. The standard InChI is InChI=1S/C64H42N4O2/c1-65-55-19-11-9-17-49(55)51-27-25-47(37-57(51)65)67(43-13-5-3-6-14-43)45-23-21-39-33-53-61(35-41(39)31-45)69-59-29-30-60-64(63(53)59)54-34-40-22-24-46(32-42(40)36-62(54)70-60)68(44-15-7-4-8-16-44)48-26-28-52-50-18-10-12-20-56(50)66(2)58(52)38-48/h3-38H,1-2H3. The lowest BCUT2D eigenvalue weighted by atomic mass is 10.0. The van der Waals surface area contributed by atoms with E-state index in [1.54, 1.807) is 0 Å². The molecule has 15 aromatic rings. The normalized spacial score (nSPS) is 12.1. The Balaban J connectivity index is 0.846. The van der Waals surface area contributed by atoms with E-state index in [4.69, 9.17) is 8.83 Å². The first kappa shape index (κ1) is 38.8. The van der Waals surface area contributed by atoms with Crippen LogP contribution in [-0.4, -0.2) is 9.13 Å². The Hall–Kier alpha value is -9.26. The molecule has 0 saturated heterocycles. The van der Waals surface area contributed by atoms with Crippen molar-refractivity contribution < 1.29 is 8.83 Å². The highest BCUT2D eigenvalue weighted by atomic mass is 16.3. The fourth-order valence-electron chi connectivity index (χ4n) is 11.5. The molecule has 4 heterocycles. The van der Waals surface area contributed by atoms with Gasteiger partial charge in [0.25, 0.3) is 0 Å². The van der Waals surface area contributed by atoms with Crippen molar-refractivity contribution in [2.45, 2.75) is 0 Å². The Morgan fingerprint density at radius 1 is 0.271 bits per heavy atom. The molecule has 6 heteroatoms. The van der Waals surface area contributed by atoms with E-state index >= 15 is 0 Å². The fraction of sp³-hybridized carbons (Fsp3) is 0.0312. The highest BCUT2D eigenvalue weighted by molar-refractivity contribution is 6.28. The van der Waals surface area contributed by atoms with Crippen LogP contribution in [0.5, 0.6) is 0 Å². The lowest BCUT2D eigenvalue weighted by Gasteiger charge is -2.26. The summed E-state index contributed by atoms with van der Waals surface area (Å²) in [4.78, 5) is 4.69. The van der Waals surface area contributed by atoms with E-state index in [9.17, 15) is 0 Å². The van der Waals surface area contributed by atoms with Gasteiger partial charge in [0.1, 0.15) is 22.3 Å². The third-order valence-corrected chi connectivity index (χ3v) is 14.8.